The van der Waals surface area contributed by atoms with E-state index in [-0.39, 0.29) is 12.1 Å². The average Bonchev–Trinajstić information content (AvgIpc) is 3.43. The first-order valence-electron chi connectivity index (χ1n) is 10.4. The first kappa shape index (κ1) is 21.1. The van der Waals surface area contributed by atoms with Crippen LogP contribution in [-0.4, -0.2) is 62.9 Å². The second-order valence-electron chi connectivity index (χ2n) is 7.64. The molecule has 0 spiro atoms. The average molecular weight is 424 g/mol. The van der Waals surface area contributed by atoms with Gasteiger partial charge >= 0.3 is 5.97 Å². The molecule has 1 N–H and O–H groups in total. The second kappa shape index (κ2) is 9.31. The van der Waals surface area contributed by atoms with Crippen LogP contribution >= 0.6 is 0 Å². The predicted octanol–water partition coefficient (Wildman–Crippen LogP) is 3.67. The van der Waals surface area contributed by atoms with Crippen molar-refractivity contribution in [3.63, 3.8) is 0 Å². The summed E-state index contributed by atoms with van der Waals surface area (Å²) in [5.41, 5.74) is 2.86. The summed E-state index contributed by atoms with van der Waals surface area (Å²) in [6.07, 6.45) is 3.74. The molecule has 3 aromatic rings. The van der Waals surface area contributed by atoms with Gasteiger partial charge in [-0.1, -0.05) is 18.2 Å². The predicted molar refractivity (Wildman–Crippen MR) is 118 cm³/mol. The van der Waals surface area contributed by atoms with Crippen molar-refractivity contribution < 1.29 is 23.7 Å². The van der Waals surface area contributed by atoms with Crippen molar-refractivity contribution >= 4 is 16.9 Å². The number of hydrogen-bond acceptors (Lipinski definition) is 6. The van der Waals surface area contributed by atoms with E-state index in [9.17, 15) is 4.79 Å². The van der Waals surface area contributed by atoms with Crippen LogP contribution in [0.25, 0.3) is 10.9 Å². The highest BCUT2D eigenvalue weighted by Gasteiger charge is 2.27. The molecule has 0 saturated carbocycles. The minimum atomic E-state index is -0.386. The maximum absolute atomic E-state index is 12.7. The van der Waals surface area contributed by atoms with Gasteiger partial charge in [0.25, 0.3) is 0 Å². The van der Waals surface area contributed by atoms with Gasteiger partial charge in [-0.25, -0.2) is 4.79 Å². The highest BCUT2D eigenvalue weighted by Crippen LogP contribution is 2.38. The van der Waals surface area contributed by atoms with Gasteiger partial charge in [-0.3, -0.25) is 4.90 Å². The number of aromatic nitrogens is 1. The maximum atomic E-state index is 12.7. The number of nitrogens with one attached hydrogen (secondary N) is 1. The van der Waals surface area contributed by atoms with E-state index < -0.39 is 0 Å². The molecule has 4 rings (SSSR count). The quantitative estimate of drug-likeness (QED) is 0.557. The second-order valence-corrected chi connectivity index (χ2v) is 7.64. The van der Waals surface area contributed by atoms with Crippen molar-refractivity contribution in [1.82, 2.24) is 9.88 Å². The molecule has 2 heterocycles. The molecule has 1 aliphatic heterocycles. The van der Waals surface area contributed by atoms with Crippen molar-refractivity contribution in [2.75, 3.05) is 41.0 Å². The third kappa shape index (κ3) is 4.46. The van der Waals surface area contributed by atoms with Crippen molar-refractivity contribution in [3.05, 3.63) is 53.7 Å². The van der Waals surface area contributed by atoms with E-state index in [1.807, 2.05) is 6.07 Å². The molecule has 1 unspecified atom stereocenters. The van der Waals surface area contributed by atoms with Gasteiger partial charge in [0.05, 0.1) is 26.9 Å². The molecular weight excluding hydrogens is 396 g/mol. The van der Waals surface area contributed by atoms with E-state index in [0.717, 1.165) is 38.0 Å². The molecule has 0 bridgehead atoms. The Bertz CT molecular complexity index is 1040. The van der Waals surface area contributed by atoms with Gasteiger partial charge in [-0.2, -0.15) is 0 Å². The number of ether oxygens (including phenoxy) is 4. The highest BCUT2D eigenvalue weighted by atomic mass is 16.5. The number of nitrogens with zero attached hydrogens (tertiary/aromatic N) is 1. The fraction of sp³-hybridized carbons (Fsp3) is 0.375. The Hall–Kier alpha value is -3.19. The minimum Gasteiger partial charge on any atom is -0.493 e. The molecule has 1 aromatic heterocycles. The van der Waals surface area contributed by atoms with Crippen LogP contribution in [-0.2, 0) is 11.2 Å². The van der Waals surface area contributed by atoms with E-state index >= 15 is 0 Å². The van der Waals surface area contributed by atoms with Crippen LogP contribution in [0.5, 0.6) is 17.2 Å². The number of fused-ring (bicyclic) bond motifs is 1. The summed E-state index contributed by atoms with van der Waals surface area (Å²) < 4.78 is 21.7. The zero-order valence-electron chi connectivity index (χ0n) is 18.1. The monoisotopic (exact) mass is 424 g/mol. The molecule has 2 aromatic carbocycles. The van der Waals surface area contributed by atoms with Crippen LogP contribution in [0.2, 0.25) is 0 Å². The van der Waals surface area contributed by atoms with Crippen LogP contribution < -0.4 is 14.2 Å². The Balaban J connectivity index is 1.35. The van der Waals surface area contributed by atoms with Crippen molar-refractivity contribution in [1.29, 1.82) is 0 Å². The number of hydrogen-bond donors (Lipinski definition) is 1. The summed E-state index contributed by atoms with van der Waals surface area (Å²) in [6.45, 7) is 2.58. The van der Waals surface area contributed by atoms with Gasteiger partial charge in [-0.15, -0.1) is 0 Å². The molecule has 0 aliphatic carbocycles. The number of esters is 1. The van der Waals surface area contributed by atoms with Crippen molar-refractivity contribution in [3.8, 4) is 17.2 Å². The first-order valence-corrected chi connectivity index (χ1v) is 10.4. The van der Waals surface area contributed by atoms with Crippen LogP contribution in [0.15, 0.2) is 42.6 Å². The largest absolute Gasteiger partial charge is 0.493 e. The third-order valence-corrected chi connectivity index (χ3v) is 5.78. The van der Waals surface area contributed by atoms with Gasteiger partial charge in [0.2, 0.25) is 5.75 Å². The van der Waals surface area contributed by atoms with E-state index in [4.69, 9.17) is 18.9 Å². The fourth-order valence-corrected chi connectivity index (χ4v) is 4.13. The van der Waals surface area contributed by atoms with Gasteiger partial charge < -0.3 is 23.9 Å². The molecule has 1 atom stereocenters. The van der Waals surface area contributed by atoms with E-state index in [1.54, 1.807) is 12.1 Å². The van der Waals surface area contributed by atoms with Gasteiger partial charge in [0, 0.05) is 36.7 Å². The maximum Gasteiger partial charge on any atom is 0.338 e. The number of methoxy groups -OCH3 is 3. The van der Waals surface area contributed by atoms with Crippen molar-refractivity contribution in [2.24, 2.45) is 0 Å². The Morgan fingerprint density at radius 1 is 1.10 bits per heavy atom. The molecular formula is C24H28N2O5. The number of benzene rings is 2. The molecule has 7 heteroatoms. The lowest BCUT2D eigenvalue weighted by molar-refractivity contribution is 0.0321. The molecule has 7 nitrogen and oxygen atoms in total. The Kier molecular flexibility index (Phi) is 6.32. The smallest absolute Gasteiger partial charge is 0.338 e. The molecule has 1 saturated heterocycles. The van der Waals surface area contributed by atoms with E-state index in [1.165, 1.54) is 32.3 Å². The fourth-order valence-electron chi connectivity index (χ4n) is 4.13. The van der Waals surface area contributed by atoms with E-state index in [0.29, 0.717) is 22.8 Å². The lowest BCUT2D eigenvalue weighted by Gasteiger charge is -2.17. The lowest BCUT2D eigenvalue weighted by Crippen LogP contribution is -2.26. The van der Waals surface area contributed by atoms with Gasteiger partial charge in [0.15, 0.2) is 11.5 Å². The highest BCUT2D eigenvalue weighted by molar-refractivity contribution is 5.91. The molecule has 164 valence electrons. The summed E-state index contributed by atoms with van der Waals surface area (Å²) in [6, 6.07) is 11.6. The number of H-pyrrole nitrogens is 1. The number of aromatic amines is 1. The first-order chi connectivity index (χ1) is 15.1. The van der Waals surface area contributed by atoms with Gasteiger partial charge in [-0.05, 0) is 36.6 Å². The Morgan fingerprint density at radius 2 is 1.84 bits per heavy atom. The zero-order valence-corrected chi connectivity index (χ0v) is 18.1. The topological polar surface area (TPSA) is 73.0 Å². The summed E-state index contributed by atoms with van der Waals surface area (Å²) >= 11 is 0. The number of carbonyl (C=O) groups is 1. The molecule has 1 aliphatic rings. The summed E-state index contributed by atoms with van der Waals surface area (Å²) in [5.74, 6) is 0.926. The SMILES string of the molecule is COc1cc(C(=O)OC2CCN(CCc3c[nH]c4ccccc34)C2)cc(OC)c1OC. The normalized spacial score (nSPS) is 16.4. The lowest BCUT2D eigenvalue weighted by atomic mass is 10.1. The molecule has 1 fully saturated rings. The molecule has 0 amide bonds. The van der Waals surface area contributed by atoms with Crippen LogP contribution in [0.3, 0.4) is 0 Å². The summed E-state index contributed by atoms with van der Waals surface area (Å²) in [4.78, 5) is 18.4. The Morgan fingerprint density at radius 3 is 2.55 bits per heavy atom. The van der Waals surface area contributed by atoms with Crippen LogP contribution in [0.1, 0.15) is 22.3 Å². The minimum absolute atomic E-state index is 0.130. The number of rotatable bonds is 8. The summed E-state index contributed by atoms with van der Waals surface area (Å²) in [7, 11) is 4.58. The van der Waals surface area contributed by atoms with E-state index in [2.05, 4.69) is 34.3 Å². The summed E-state index contributed by atoms with van der Waals surface area (Å²) in [5, 5.41) is 1.27. The molecule has 0 radical (unpaired) electrons. The Labute approximate surface area is 181 Å². The molecule has 31 heavy (non-hydrogen) atoms. The number of para-hydroxylation sites is 1. The zero-order chi connectivity index (χ0) is 21.8. The van der Waals surface area contributed by atoms with Crippen LogP contribution in [0, 0.1) is 0 Å². The number of likely N-dealkylation sites (tertiary alicyclic amines) is 1. The number of carbonyl (C=O) groups excluding carboxylic acids is 1. The van der Waals surface area contributed by atoms with Crippen LogP contribution in [0.4, 0.5) is 0 Å². The third-order valence-electron chi connectivity index (χ3n) is 5.78. The standard InChI is InChI=1S/C24H28N2O5/c1-28-21-12-17(13-22(29-2)23(21)30-3)24(27)31-18-9-11-26(15-18)10-8-16-14-25-20-7-5-4-6-19(16)20/h4-7,12-14,18,25H,8-11,15H2,1-3H3. The van der Waals surface area contributed by atoms with Gasteiger partial charge in [0.1, 0.15) is 6.10 Å². The van der Waals surface area contributed by atoms with Crippen molar-refractivity contribution in [2.45, 2.75) is 18.9 Å².